The highest BCUT2D eigenvalue weighted by Gasteiger charge is 2.26. The number of nitrogens with zero attached hydrogens (tertiary/aromatic N) is 1. The van der Waals surface area contributed by atoms with Crippen LogP contribution in [0, 0.1) is 0 Å². The van der Waals surface area contributed by atoms with Gasteiger partial charge in [-0.3, -0.25) is 9.59 Å². The summed E-state index contributed by atoms with van der Waals surface area (Å²) in [7, 11) is 0. The lowest BCUT2D eigenvalue weighted by molar-refractivity contribution is -0.139. The summed E-state index contributed by atoms with van der Waals surface area (Å²) in [5, 5.41) is 17.8. The highest BCUT2D eigenvalue weighted by atomic mass is 35.5. The Morgan fingerprint density at radius 2 is 1.56 bits per heavy atom. The topological polar surface area (TPSA) is 137 Å². The van der Waals surface area contributed by atoms with Crippen LogP contribution < -0.4 is 16.0 Å². The number of nitrogens with one attached hydrogen (secondary N) is 3. The van der Waals surface area contributed by atoms with E-state index in [9.17, 15) is 24.3 Å². The van der Waals surface area contributed by atoms with E-state index in [1.54, 1.807) is 36.4 Å². The summed E-state index contributed by atoms with van der Waals surface area (Å²) < 4.78 is 0. The molecule has 0 bridgehead atoms. The predicted octanol–water partition coefficient (Wildman–Crippen LogP) is 5.56. The van der Waals surface area contributed by atoms with E-state index in [2.05, 4.69) is 20.9 Å². The molecule has 4 rings (SSSR count). The summed E-state index contributed by atoms with van der Waals surface area (Å²) in [6.45, 7) is -0.265. The molecule has 13 heteroatoms. The largest absolute Gasteiger partial charge is 0.480 e. The summed E-state index contributed by atoms with van der Waals surface area (Å²) in [6, 6.07) is 12.5. The molecule has 1 aliphatic rings. The second kappa shape index (κ2) is 13.4. The summed E-state index contributed by atoms with van der Waals surface area (Å²) in [5.74, 6) is -2.81. The second-order valence-corrected chi connectivity index (χ2v) is 10.7. The average molecular weight is 636 g/mol. The Kier molecular flexibility index (Phi) is 9.88. The van der Waals surface area contributed by atoms with E-state index in [0.717, 1.165) is 16.7 Å². The van der Waals surface area contributed by atoms with Crippen LogP contribution in [-0.4, -0.2) is 47.2 Å². The number of fused-ring (bicyclic) bond motifs is 1. The molecular formula is C28H22Cl4N4O5. The van der Waals surface area contributed by atoms with E-state index < -0.39 is 36.4 Å². The molecule has 0 fully saturated rings. The Balaban J connectivity index is 1.38. The number of carboxylic acids is 1. The van der Waals surface area contributed by atoms with Crippen LogP contribution in [-0.2, 0) is 17.8 Å². The van der Waals surface area contributed by atoms with E-state index >= 15 is 0 Å². The number of benzene rings is 3. The third kappa shape index (κ3) is 7.77. The van der Waals surface area contributed by atoms with Gasteiger partial charge in [-0.05, 0) is 65.9 Å². The highest BCUT2D eigenvalue weighted by molar-refractivity contribution is 6.40. The molecular weight excluding hydrogens is 614 g/mol. The van der Waals surface area contributed by atoms with Gasteiger partial charge in [0, 0.05) is 22.2 Å². The third-order valence-corrected chi connectivity index (χ3v) is 7.25. The van der Waals surface area contributed by atoms with Gasteiger partial charge in [-0.15, -0.1) is 0 Å². The zero-order valence-corrected chi connectivity index (χ0v) is 24.2. The van der Waals surface area contributed by atoms with Gasteiger partial charge in [0.25, 0.3) is 11.8 Å². The fraction of sp³-hybridized carbons (Fsp3) is 0.179. The van der Waals surface area contributed by atoms with Gasteiger partial charge in [-0.2, -0.15) is 4.99 Å². The van der Waals surface area contributed by atoms with Crippen LogP contribution in [0.4, 0.5) is 4.79 Å². The number of hydrogen-bond donors (Lipinski definition) is 4. The number of carbonyl (C=O) groups excluding carboxylic acids is 3. The molecule has 0 aliphatic heterocycles. The Hall–Kier alpha value is -3.63. The van der Waals surface area contributed by atoms with E-state index in [-0.39, 0.29) is 27.7 Å². The van der Waals surface area contributed by atoms with Crippen LogP contribution >= 0.6 is 46.4 Å². The van der Waals surface area contributed by atoms with Gasteiger partial charge >= 0.3 is 12.0 Å². The quantitative estimate of drug-likeness (QED) is 0.257. The number of rotatable bonds is 8. The maximum atomic E-state index is 12.9. The van der Waals surface area contributed by atoms with Crippen LogP contribution in [0.25, 0.3) is 0 Å². The van der Waals surface area contributed by atoms with Gasteiger partial charge in [-0.25, -0.2) is 9.59 Å². The molecule has 1 aliphatic carbocycles. The highest BCUT2D eigenvalue weighted by Crippen LogP contribution is 2.28. The summed E-state index contributed by atoms with van der Waals surface area (Å²) in [5.41, 5.74) is 2.97. The van der Waals surface area contributed by atoms with E-state index in [4.69, 9.17) is 46.4 Å². The zero-order chi connectivity index (χ0) is 29.7. The number of halogens is 4. The van der Waals surface area contributed by atoms with Crippen molar-refractivity contribution in [2.24, 2.45) is 4.99 Å². The predicted molar refractivity (Wildman–Crippen MR) is 158 cm³/mol. The summed E-state index contributed by atoms with van der Waals surface area (Å²) in [6.07, 6.45) is 1.22. The molecule has 4 N–H and O–H groups in total. The molecule has 0 heterocycles. The number of urea groups is 1. The zero-order valence-electron chi connectivity index (χ0n) is 21.1. The van der Waals surface area contributed by atoms with Crippen LogP contribution in [0.3, 0.4) is 0 Å². The molecule has 0 saturated heterocycles. The molecule has 0 radical (unpaired) electrons. The molecule has 1 atom stereocenters. The van der Waals surface area contributed by atoms with Crippen LogP contribution in [0.2, 0.25) is 20.1 Å². The molecule has 0 spiro atoms. The van der Waals surface area contributed by atoms with Crippen molar-refractivity contribution >= 4 is 75.9 Å². The van der Waals surface area contributed by atoms with Crippen molar-refractivity contribution in [3.05, 3.63) is 103 Å². The fourth-order valence-electron chi connectivity index (χ4n) is 4.19. The Morgan fingerprint density at radius 3 is 2.24 bits per heavy atom. The summed E-state index contributed by atoms with van der Waals surface area (Å²) in [4.78, 5) is 53.8. The number of carbonyl (C=O) groups is 4. The third-order valence-electron chi connectivity index (χ3n) is 6.18. The molecule has 4 amide bonds. The molecule has 0 aromatic heterocycles. The lowest BCUT2D eigenvalue weighted by Gasteiger charge is -2.16. The van der Waals surface area contributed by atoms with Gasteiger partial charge in [0.15, 0.2) is 0 Å². The van der Waals surface area contributed by atoms with Gasteiger partial charge in [-0.1, -0.05) is 64.6 Å². The van der Waals surface area contributed by atoms with E-state index in [1.165, 1.54) is 12.1 Å². The van der Waals surface area contributed by atoms with Gasteiger partial charge < -0.3 is 21.1 Å². The van der Waals surface area contributed by atoms with Crippen molar-refractivity contribution < 1.29 is 24.3 Å². The number of hydrogen-bond acceptors (Lipinski definition) is 4. The van der Waals surface area contributed by atoms with Gasteiger partial charge in [0.2, 0.25) is 0 Å². The summed E-state index contributed by atoms with van der Waals surface area (Å²) >= 11 is 24.5. The lowest BCUT2D eigenvalue weighted by Crippen LogP contribution is -2.48. The maximum absolute atomic E-state index is 12.9. The number of aliphatic imine (C=N–C) groups is 1. The molecule has 0 unspecified atom stereocenters. The first kappa shape index (κ1) is 30.3. The first-order valence-corrected chi connectivity index (χ1v) is 13.7. The minimum atomic E-state index is -1.52. The molecule has 9 nitrogen and oxygen atoms in total. The van der Waals surface area contributed by atoms with Crippen molar-refractivity contribution in [1.29, 1.82) is 0 Å². The molecule has 3 aromatic rings. The number of aliphatic carboxylic acids is 1. The monoisotopic (exact) mass is 634 g/mol. The van der Waals surface area contributed by atoms with Crippen LogP contribution in [0.5, 0.6) is 0 Å². The number of carboxylic acid groups (broad SMARTS) is 1. The first-order valence-electron chi connectivity index (χ1n) is 12.2. The van der Waals surface area contributed by atoms with Crippen LogP contribution in [0.15, 0.2) is 59.6 Å². The Bertz CT molecular complexity index is 1550. The fourth-order valence-corrected chi connectivity index (χ4v) is 5.26. The lowest BCUT2D eigenvalue weighted by atomic mass is 10.1. The SMILES string of the molecule is O=C(/N=C1\CCc2cc(Cl)ccc21)NC[C@H](NC(=O)c1c(Cl)cc(C(=O)NCc2cccc(Cl)c2)cc1Cl)C(=O)O. The van der Waals surface area contributed by atoms with Crippen molar-refractivity contribution in [3.63, 3.8) is 0 Å². The Morgan fingerprint density at radius 1 is 0.854 bits per heavy atom. The van der Waals surface area contributed by atoms with E-state index in [0.29, 0.717) is 28.6 Å². The maximum Gasteiger partial charge on any atom is 0.341 e. The first-order chi connectivity index (χ1) is 19.5. The molecule has 212 valence electrons. The second-order valence-electron chi connectivity index (χ2n) is 9.04. The van der Waals surface area contributed by atoms with Crippen molar-refractivity contribution in [2.75, 3.05) is 6.54 Å². The Labute approximate surface area is 254 Å². The van der Waals surface area contributed by atoms with Crippen molar-refractivity contribution in [3.8, 4) is 0 Å². The van der Waals surface area contributed by atoms with Crippen molar-refractivity contribution in [2.45, 2.75) is 25.4 Å². The molecule has 3 aromatic carbocycles. The minimum absolute atomic E-state index is 0.0931. The smallest absolute Gasteiger partial charge is 0.341 e. The normalized spacial score (nSPS) is 13.8. The standard InChI is InChI=1S/C28H22Cl4N4O5/c29-17-3-1-2-14(8-17)12-33-25(37)16-10-20(31)24(21(32)11-16)26(38)35-23(27(39)40)13-34-28(41)36-22-7-4-15-9-18(30)5-6-19(15)22/h1-3,5-6,8-11,23H,4,7,12-13H2,(H,33,37)(H,34,41)(H,35,38)(H,39,40)/b36-22+/t23-/m0/s1. The number of aryl methyl sites for hydroxylation is 1. The number of amides is 4. The molecule has 0 saturated carbocycles. The van der Waals surface area contributed by atoms with Gasteiger partial charge in [0.05, 0.1) is 27.9 Å². The van der Waals surface area contributed by atoms with Crippen molar-refractivity contribution in [1.82, 2.24) is 16.0 Å². The minimum Gasteiger partial charge on any atom is -0.480 e. The molecule has 41 heavy (non-hydrogen) atoms. The van der Waals surface area contributed by atoms with E-state index in [1.807, 2.05) is 6.07 Å². The van der Waals surface area contributed by atoms with Crippen LogP contribution in [0.1, 0.15) is 43.8 Å². The average Bonchev–Trinajstić information content (AvgIpc) is 3.30. The van der Waals surface area contributed by atoms with Gasteiger partial charge in [0.1, 0.15) is 6.04 Å².